The zero-order chi connectivity index (χ0) is 22.5. The van der Waals surface area contributed by atoms with Gasteiger partial charge in [0, 0.05) is 41.3 Å². The van der Waals surface area contributed by atoms with Crippen molar-refractivity contribution in [1.82, 2.24) is 10.6 Å². The predicted octanol–water partition coefficient (Wildman–Crippen LogP) is 3.96. The van der Waals surface area contributed by atoms with Crippen LogP contribution in [0.2, 0.25) is 0 Å². The minimum absolute atomic E-state index is 0.0504. The molecule has 3 amide bonds. The van der Waals surface area contributed by atoms with E-state index in [9.17, 15) is 14.4 Å². The smallest absolute Gasteiger partial charge is 0.251 e. The molecule has 1 saturated heterocycles. The lowest BCUT2D eigenvalue weighted by molar-refractivity contribution is -0.126. The van der Waals surface area contributed by atoms with Crippen LogP contribution < -0.4 is 15.5 Å². The minimum Gasteiger partial charge on any atom is -0.352 e. The van der Waals surface area contributed by atoms with Gasteiger partial charge in [-0.25, -0.2) is 0 Å². The molecule has 0 aliphatic carbocycles. The highest BCUT2D eigenvalue weighted by Crippen LogP contribution is 2.28. The minimum atomic E-state index is -0.395. The third-order valence-electron chi connectivity index (χ3n) is 5.59. The Labute approximate surface area is 191 Å². The molecule has 2 N–H and O–H groups in total. The van der Waals surface area contributed by atoms with E-state index < -0.39 is 5.92 Å². The number of nitrogens with one attached hydrogen (secondary N) is 2. The van der Waals surface area contributed by atoms with E-state index in [1.165, 1.54) is 0 Å². The maximum absolute atomic E-state index is 12.7. The van der Waals surface area contributed by atoms with Crippen molar-refractivity contribution in [2.75, 3.05) is 11.4 Å². The molecule has 2 atom stereocenters. The van der Waals surface area contributed by atoms with Gasteiger partial charge in [0.1, 0.15) is 0 Å². The van der Waals surface area contributed by atoms with Crippen molar-refractivity contribution in [2.24, 2.45) is 5.92 Å². The summed E-state index contributed by atoms with van der Waals surface area (Å²) in [7, 11) is 0. The molecule has 2 aromatic carbocycles. The average Bonchev–Trinajstić information content (AvgIpc) is 3.15. The van der Waals surface area contributed by atoms with Gasteiger partial charge in [-0.1, -0.05) is 35.0 Å². The standard InChI is InChI=1S/C24H28BrN3O3/c1-4-16(3)27-24(31)18-7-5-6-17(11-18)13-26-23(30)19-12-22(29)28(14-19)20-8-9-21(25)15(2)10-20/h5-11,16,19H,4,12-14H2,1-3H3,(H,26,30)(H,27,31). The van der Waals surface area contributed by atoms with Gasteiger partial charge >= 0.3 is 0 Å². The Balaban J connectivity index is 1.59. The molecule has 6 nitrogen and oxygen atoms in total. The largest absolute Gasteiger partial charge is 0.352 e. The highest BCUT2D eigenvalue weighted by atomic mass is 79.9. The molecule has 0 aromatic heterocycles. The third-order valence-corrected chi connectivity index (χ3v) is 6.48. The lowest BCUT2D eigenvalue weighted by Crippen LogP contribution is -2.33. The fourth-order valence-electron chi connectivity index (χ4n) is 3.49. The zero-order valence-corrected chi connectivity index (χ0v) is 19.7. The monoisotopic (exact) mass is 485 g/mol. The Morgan fingerprint density at radius 1 is 1.23 bits per heavy atom. The lowest BCUT2D eigenvalue weighted by atomic mass is 10.1. The van der Waals surface area contributed by atoms with Crippen LogP contribution in [0.1, 0.15) is 48.2 Å². The Morgan fingerprint density at radius 2 is 2.00 bits per heavy atom. The summed E-state index contributed by atoms with van der Waals surface area (Å²) in [5.41, 5.74) is 3.26. The van der Waals surface area contributed by atoms with Crippen molar-refractivity contribution in [3.8, 4) is 0 Å². The number of carbonyl (C=O) groups excluding carboxylic acids is 3. The normalized spacial score (nSPS) is 16.8. The average molecular weight is 486 g/mol. The van der Waals surface area contributed by atoms with Crippen LogP contribution in [-0.2, 0) is 16.1 Å². The first-order chi connectivity index (χ1) is 14.8. The van der Waals surface area contributed by atoms with E-state index in [1.54, 1.807) is 17.0 Å². The van der Waals surface area contributed by atoms with Crippen molar-refractivity contribution in [3.63, 3.8) is 0 Å². The molecule has 7 heteroatoms. The van der Waals surface area contributed by atoms with Crippen LogP contribution in [0.4, 0.5) is 5.69 Å². The topological polar surface area (TPSA) is 78.5 Å². The number of aryl methyl sites for hydroxylation is 1. The number of benzene rings is 2. The molecule has 164 valence electrons. The van der Waals surface area contributed by atoms with Gasteiger partial charge in [-0.3, -0.25) is 14.4 Å². The Hall–Kier alpha value is -2.67. The summed E-state index contributed by atoms with van der Waals surface area (Å²) in [5, 5.41) is 5.86. The van der Waals surface area contributed by atoms with Crippen LogP contribution in [0.25, 0.3) is 0 Å². The SMILES string of the molecule is CCC(C)NC(=O)c1cccc(CNC(=O)C2CC(=O)N(c3ccc(Br)c(C)c3)C2)c1. The Bertz CT molecular complexity index is 992. The van der Waals surface area contributed by atoms with Gasteiger partial charge in [0.05, 0.1) is 5.92 Å². The Kier molecular flexibility index (Phi) is 7.49. The van der Waals surface area contributed by atoms with E-state index in [4.69, 9.17) is 0 Å². The summed E-state index contributed by atoms with van der Waals surface area (Å²) in [5.74, 6) is -0.720. The predicted molar refractivity (Wildman–Crippen MR) is 125 cm³/mol. The van der Waals surface area contributed by atoms with Gasteiger partial charge < -0.3 is 15.5 Å². The second-order valence-electron chi connectivity index (χ2n) is 8.04. The van der Waals surface area contributed by atoms with E-state index >= 15 is 0 Å². The first-order valence-electron chi connectivity index (χ1n) is 10.5. The summed E-state index contributed by atoms with van der Waals surface area (Å²) < 4.78 is 0.984. The van der Waals surface area contributed by atoms with Crippen molar-refractivity contribution in [2.45, 2.75) is 46.2 Å². The van der Waals surface area contributed by atoms with Crippen molar-refractivity contribution in [3.05, 3.63) is 63.6 Å². The van der Waals surface area contributed by atoms with Crippen molar-refractivity contribution < 1.29 is 14.4 Å². The third kappa shape index (κ3) is 5.73. The van der Waals surface area contributed by atoms with Crippen LogP contribution in [0.15, 0.2) is 46.9 Å². The molecular formula is C24H28BrN3O3. The van der Waals surface area contributed by atoms with Crippen LogP contribution >= 0.6 is 15.9 Å². The number of amides is 3. The molecule has 2 unspecified atom stereocenters. The second-order valence-corrected chi connectivity index (χ2v) is 8.89. The van der Waals surface area contributed by atoms with Gasteiger partial charge in [-0.05, 0) is 61.7 Å². The Morgan fingerprint density at radius 3 is 2.71 bits per heavy atom. The van der Waals surface area contributed by atoms with Gasteiger partial charge in [0.15, 0.2) is 0 Å². The highest BCUT2D eigenvalue weighted by molar-refractivity contribution is 9.10. The second kappa shape index (κ2) is 10.1. The molecule has 0 bridgehead atoms. The maximum atomic E-state index is 12.7. The molecule has 1 heterocycles. The first kappa shape index (κ1) is 23.0. The molecule has 3 rings (SSSR count). The summed E-state index contributed by atoms with van der Waals surface area (Å²) in [6, 6.07) is 13.1. The van der Waals surface area contributed by atoms with Crippen LogP contribution in [0, 0.1) is 12.8 Å². The van der Waals surface area contributed by atoms with Gasteiger partial charge in [0.25, 0.3) is 5.91 Å². The fraction of sp³-hybridized carbons (Fsp3) is 0.375. The van der Waals surface area contributed by atoms with Crippen LogP contribution in [-0.4, -0.2) is 30.3 Å². The molecular weight excluding hydrogens is 458 g/mol. The van der Waals surface area contributed by atoms with Gasteiger partial charge in [-0.15, -0.1) is 0 Å². The maximum Gasteiger partial charge on any atom is 0.251 e. The van der Waals surface area contributed by atoms with Crippen molar-refractivity contribution >= 4 is 39.3 Å². The summed E-state index contributed by atoms with van der Waals surface area (Å²) in [4.78, 5) is 39.2. The fourth-order valence-corrected chi connectivity index (χ4v) is 3.74. The highest BCUT2D eigenvalue weighted by Gasteiger charge is 2.35. The molecule has 1 fully saturated rings. The number of carbonyl (C=O) groups is 3. The van der Waals surface area contributed by atoms with E-state index in [1.807, 2.05) is 51.1 Å². The van der Waals surface area contributed by atoms with E-state index in [2.05, 4.69) is 26.6 Å². The molecule has 2 aromatic rings. The summed E-state index contributed by atoms with van der Waals surface area (Å²) in [6.45, 7) is 6.62. The quantitative estimate of drug-likeness (QED) is 0.622. The number of hydrogen-bond acceptors (Lipinski definition) is 3. The van der Waals surface area contributed by atoms with E-state index in [-0.39, 0.29) is 30.2 Å². The molecule has 1 aliphatic rings. The molecule has 0 spiro atoms. The van der Waals surface area contributed by atoms with Crippen LogP contribution in [0.5, 0.6) is 0 Å². The number of anilines is 1. The number of nitrogens with zero attached hydrogens (tertiary/aromatic N) is 1. The first-order valence-corrected chi connectivity index (χ1v) is 11.3. The summed E-state index contributed by atoms with van der Waals surface area (Å²) in [6.07, 6.45) is 1.05. The number of rotatable bonds is 7. The molecule has 1 aliphatic heterocycles. The van der Waals surface area contributed by atoms with E-state index in [0.717, 1.165) is 27.7 Å². The van der Waals surface area contributed by atoms with Crippen molar-refractivity contribution in [1.29, 1.82) is 0 Å². The number of halogens is 1. The van der Waals surface area contributed by atoms with Gasteiger partial charge in [0.2, 0.25) is 11.8 Å². The zero-order valence-electron chi connectivity index (χ0n) is 18.1. The summed E-state index contributed by atoms with van der Waals surface area (Å²) >= 11 is 3.47. The molecule has 0 saturated carbocycles. The molecule has 31 heavy (non-hydrogen) atoms. The lowest BCUT2D eigenvalue weighted by Gasteiger charge is -2.18. The van der Waals surface area contributed by atoms with Gasteiger partial charge in [-0.2, -0.15) is 0 Å². The van der Waals surface area contributed by atoms with E-state index in [0.29, 0.717) is 18.7 Å². The van der Waals surface area contributed by atoms with Crippen LogP contribution in [0.3, 0.4) is 0 Å². The molecule has 0 radical (unpaired) electrons. The number of hydrogen-bond donors (Lipinski definition) is 2.